The minimum atomic E-state index is -0.345. The number of rotatable bonds is 7. The molecule has 0 saturated heterocycles. The number of nitrogens with one attached hydrogen (secondary N) is 1. The van der Waals surface area contributed by atoms with Crippen molar-refractivity contribution in [2.24, 2.45) is 5.10 Å². The summed E-state index contributed by atoms with van der Waals surface area (Å²) in [4.78, 5) is 24.2. The highest BCUT2D eigenvalue weighted by molar-refractivity contribution is 9.10. The number of nitrogens with zero attached hydrogens (tertiary/aromatic N) is 2. The van der Waals surface area contributed by atoms with E-state index in [0.717, 1.165) is 32.7 Å². The summed E-state index contributed by atoms with van der Waals surface area (Å²) < 4.78 is 8.10. The number of carbonyl (C=O) groups is 2. The molecule has 0 aliphatic carbocycles. The maximum Gasteiger partial charge on any atom is 0.338 e. The van der Waals surface area contributed by atoms with E-state index in [1.165, 1.54) is 0 Å². The van der Waals surface area contributed by atoms with E-state index in [1.807, 2.05) is 60.9 Å². The second-order valence-electron chi connectivity index (χ2n) is 7.03. The minimum absolute atomic E-state index is 0.186. The standard InChI is InChI=1S/C24H24BrN3O3/c1-4-31-24(30)19-6-5-7-22(14-19)28-16(2)12-20(17(28)3)15-26-27-23(29)13-18-8-10-21(25)11-9-18/h5-12,14-15H,4,13H2,1-3H3,(H,27,29)/b26-15+. The number of esters is 1. The summed E-state index contributed by atoms with van der Waals surface area (Å²) in [5, 5.41) is 4.11. The molecule has 1 heterocycles. The zero-order chi connectivity index (χ0) is 22.4. The van der Waals surface area contributed by atoms with Gasteiger partial charge in [0, 0.05) is 27.1 Å². The Labute approximate surface area is 190 Å². The van der Waals surface area contributed by atoms with Gasteiger partial charge in [0.1, 0.15) is 0 Å². The van der Waals surface area contributed by atoms with Gasteiger partial charge in [0.15, 0.2) is 0 Å². The van der Waals surface area contributed by atoms with Crippen LogP contribution in [0.2, 0.25) is 0 Å². The number of aromatic nitrogens is 1. The van der Waals surface area contributed by atoms with Crippen LogP contribution >= 0.6 is 15.9 Å². The van der Waals surface area contributed by atoms with Gasteiger partial charge in [-0.3, -0.25) is 4.79 Å². The third kappa shape index (κ3) is 5.70. The molecule has 0 saturated carbocycles. The molecule has 2 aromatic carbocycles. The van der Waals surface area contributed by atoms with Crippen molar-refractivity contribution < 1.29 is 14.3 Å². The van der Waals surface area contributed by atoms with Crippen molar-refractivity contribution in [2.75, 3.05) is 6.61 Å². The van der Waals surface area contributed by atoms with Gasteiger partial charge in [0.25, 0.3) is 0 Å². The Hall–Kier alpha value is -3.19. The van der Waals surface area contributed by atoms with Gasteiger partial charge in [-0.05, 0) is 62.7 Å². The zero-order valence-corrected chi connectivity index (χ0v) is 19.3. The first-order valence-corrected chi connectivity index (χ1v) is 10.7. The molecule has 0 aliphatic rings. The summed E-state index contributed by atoms with van der Waals surface area (Å²) in [6.07, 6.45) is 1.89. The molecule has 31 heavy (non-hydrogen) atoms. The average Bonchev–Trinajstić information content (AvgIpc) is 3.03. The van der Waals surface area contributed by atoms with Crippen LogP contribution in [0.4, 0.5) is 0 Å². The second kappa shape index (κ2) is 10.2. The Kier molecular flexibility index (Phi) is 7.41. The van der Waals surface area contributed by atoms with Crippen molar-refractivity contribution in [3.05, 3.63) is 87.1 Å². The lowest BCUT2D eigenvalue weighted by Crippen LogP contribution is -2.19. The average molecular weight is 482 g/mol. The molecule has 6 nitrogen and oxygen atoms in total. The van der Waals surface area contributed by atoms with Gasteiger partial charge in [-0.2, -0.15) is 5.10 Å². The van der Waals surface area contributed by atoms with Crippen molar-refractivity contribution in [2.45, 2.75) is 27.2 Å². The maximum atomic E-state index is 12.1. The fraction of sp³-hybridized carbons (Fsp3) is 0.208. The Morgan fingerprint density at radius 2 is 1.87 bits per heavy atom. The van der Waals surface area contributed by atoms with Crippen LogP contribution in [0.3, 0.4) is 0 Å². The van der Waals surface area contributed by atoms with Crippen LogP contribution < -0.4 is 5.43 Å². The summed E-state index contributed by atoms with van der Waals surface area (Å²) in [6, 6.07) is 16.9. The molecule has 160 valence electrons. The molecule has 0 bridgehead atoms. The largest absolute Gasteiger partial charge is 0.462 e. The summed E-state index contributed by atoms with van der Waals surface area (Å²) >= 11 is 3.38. The molecule has 1 aromatic heterocycles. The van der Waals surface area contributed by atoms with E-state index in [9.17, 15) is 9.59 Å². The normalized spacial score (nSPS) is 11.0. The number of amides is 1. The molecule has 0 unspecified atom stereocenters. The lowest BCUT2D eigenvalue weighted by molar-refractivity contribution is -0.120. The molecule has 0 atom stereocenters. The Bertz CT molecular complexity index is 1120. The number of ether oxygens (including phenoxy) is 1. The second-order valence-corrected chi connectivity index (χ2v) is 7.94. The molecule has 0 fully saturated rings. The van der Waals surface area contributed by atoms with E-state index in [4.69, 9.17) is 4.74 Å². The number of benzene rings is 2. The van der Waals surface area contributed by atoms with E-state index in [1.54, 1.807) is 25.3 Å². The first-order valence-electron chi connectivity index (χ1n) is 9.92. The van der Waals surface area contributed by atoms with Crippen LogP contribution in [-0.2, 0) is 16.0 Å². The number of halogens is 1. The van der Waals surface area contributed by atoms with E-state index in [-0.39, 0.29) is 18.3 Å². The molecular formula is C24H24BrN3O3. The van der Waals surface area contributed by atoms with E-state index in [2.05, 4.69) is 26.5 Å². The zero-order valence-electron chi connectivity index (χ0n) is 17.7. The lowest BCUT2D eigenvalue weighted by Gasteiger charge is -2.11. The summed E-state index contributed by atoms with van der Waals surface area (Å²) in [5.41, 5.74) is 7.67. The first kappa shape index (κ1) is 22.5. The smallest absolute Gasteiger partial charge is 0.338 e. The fourth-order valence-corrected chi connectivity index (χ4v) is 3.57. The molecule has 7 heteroatoms. The van der Waals surface area contributed by atoms with Gasteiger partial charge in [0.2, 0.25) is 5.91 Å². The number of hydrogen-bond acceptors (Lipinski definition) is 4. The van der Waals surface area contributed by atoms with E-state index >= 15 is 0 Å². The van der Waals surface area contributed by atoms with E-state index in [0.29, 0.717) is 12.2 Å². The van der Waals surface area contributed by atoms with Crippen molar-refractivity contribution >= 4 is 34.0 Å². The van der Waals surface area contributed by atoms with Gasteiger partial charge in [-0.25, -0.2) is 10.2 Å². The Balaban J connectivity index is 1.72. The summed E-state index contributed by atoms with van der Waals surface area (Å²) in [7, 11) is 0. The SMILES string of the molecule is CCOC(=O)c1cccc(-n2c(C)cc(/C=N/NC(=O)Cc3ccc(Br)cc3)c2C)c1. The summed E-state index contributed by atoms with van der Waals surface area (Å²) in [5.74, 6) is -0.531. The lowest BCUT2D eigenvalue weighted by atomic mass is 10.1. The number of hydrogen-bond donors (Lipinski definition) is 1. The number of carbonyl (C=O) groups excluding carboxylic acids is 2. The van der Waals surface area contributed by atoms with Crippen LogP contribution in [-0.4, -0.2) is 29.3 Å². The van der Waals surface area contributed by atoms with Crippen LogP contribution in [0.5, 0.6) is 0 Å². The quantitative estimate of drug-likeness (QED) is 0.301. The summed E-state index contributed by atoms with van der Waals surface area (Å²) in [6.45, 7) is 6.06. The van der Waals surface area contributed by atoms with Gasteiger partial charge in [0.05, 0.1) is 24.8 Å². The van der Waals surface area contributed by atoms with E-state index < -0.39 is 0 Å². The molecule has 1 amide bonds. The first-order chi connectivity index (χ1) is 14.9. The van der Waals surface area contributed by atoms with Gasteiger partial charge < -0.3 is 9.30 Å². The maximum absolute atomic E-state index is 12.1. The minimum Gasteiger partial charge on any atom is -0.462 e. The number of aryl methyl sites for hydroxylation is 1. The van der Waals surface area contributed by atoms with Crippen molar-refractivity contribution in [1.82, 2.24) is 9.99 Å². The molecule has 3 aromatic rings. The van der Waals surface area contributed by atoms with Crippen LogP contribution in [0, 0.1) is 13.8 Å². The monoisotopic (exact) mass is 481 g/mol. The Morgan fingerprint density at radius 1 is 1.13 bits per heavy atom. The predicted molar refractivity (Wildman–Crippen MR) is 125 cm³/mol. The Morgan fingerprint density at radius 3 is 2.58 bits per heavy atom. The highest BCUT2D eigenvalue weighted by Crippen LogP contribution is 2.21. The van der Waals surface area contributed by atoms with Gasteiger partial charge in [-0.15, -0.1) is 0 Å². The highest BCUT2D eigenvalue weighted by Gasteiger charge is 2.12. The third-order valence-corrected chi connectivity index (χ3v) is 5.29. The molecule has 0 spiro atoms. The molecule has 1 N–H and O–H groups in total. The molecule has 0 aliphatic heterocycles. The van der Waals surface area contributed by atoms with Crippen LogP contribution in [0.25, 0.3) is 5.69 Å². The van der Waals surface area contributed by atoms with Gasteiger partial charge in [-0.1, -0.05) is 34.1 Å². The molecule has 0 radical (unpaired) electrons. The van der Waals surface area contributed by atoms with Crippen molar-refractivity contribution in [3.63, 3.8) is 0 Å². The molecular weight excluding hydrogens is 458 g/mol. The fourth-order valence-electron chi connectivity index (χ4n) is 3.30. The predicted octanol–water partition coefficient (Wildman–Crippen LogP) is 4.73. The van der Waals surface area contributed by atoms with Crippen LogP contribution in [0.15, 0.2) is 64.2 Å². The number of hydrazone groups is 1. The van der Waals surface area contributed by atoms with Crippen molar-refractivity contribution in [1.29, 1.82) is 0 Å². The van der Waals surface area contributed by atoms with Gasteiger partial charge >= 0.3 is 5.97 Å². The third-order valence-electron chi connectivity index (χ3n) is 4.76. The van der Waals surface area contributed by atoms with Crippen LogP contribution in [0.1, 0.15) is 39.8 Å². The van der Waals surface area contributed by atoms with Crippen molar-refractivity contribution in [3.8, 4) is 5.69 Å². The highest BCUT2D eigenvalue weighted by atomic mass is 79.9. The molecule has 3 rings (SSSR count). The topological polar surface area (TPSA) is 72.7 Å².